The molecule has 0 N–H and O–H groups in total. The zero-order chi connectivity index (χ0) is 49.0. The second-order valence-electron chi connectivity index (χ2n) is 20.9. The van der Waals surface area contributed by atoms with Gasteiger partial charge in [0.25, 0.3) is 0 Å². The Morgan fingerprint density at radius 3 is 1.89 bits per heavy atom. The van der Waals surface area contributed by atoms with Crippen molar-refractivity contribution in [3.8, 4) is 28.0 Å². The molecule has 75 heavy (non-hydrogen) atoms. The van der Waals surface area contributed by atoms with E-state index in [1.165, 1.54) is 110 Å². The first-order valence-corrected chi connectivity index (χ1v) is 27.1. The molecule has 4 atom stereocenters. The second-order valence-corrected chi connectivity index (χ2v) is 22.0. The van der Waals surface area contributed by atoms with Gasteiger partial charge in [0, 0.05) is 82.7 Å². The Kier molecular flexibility index (Phi) is 8.71. The Labute approximate surface area is 438 Å². The van der Waals surface area contributed by atoms with E-state index in [2.05, 4.69) is 247 Å². The summed E-state index contributed by atoms with van der Waals surface area (Å²) < 4.78 is 14.9. The van der Waals surface area contributed by atoms with E-state index in [1.807, 2.05) is 11.8 Å². The Morgan fingerprint density at radius 2 is 1.15 bits per heavy atom. The van der Waals surface area contributed by atoms with Crippen LogP contribution in [0.4, 0.5) is 28.4 Å². The minimum atomic E-state index is -0.151. The van der Waals surface area contributed by atoms with E-state index in [0.29, 0.717) is 0 Å². The molecule has 10 aromatic carbocycles. The third-order valence-electron chi connectivity index (χ3n) is 17.1. The van der Waals surface area contributed by atoms with Gasteiger partial charge >= 0.3 is 0 Å². The van der Waals surface area contributed by atoms with Crippen LogP contribution in [-0.2, 0) is 0 Å². The minimum Gasteiger partial charge on any atom is -0.484 e. The van der Waals surface area contributed by atoms with Crippen LogP contribution in [0.15, 0.2) is 240 Å². The quantitative estimate of drug-likeness (QED) is 0.160. The van der Waals surface area contributed by atoms with Gasteiger partial charge in [0.15, 0.2) is 0 Å². The minimum absolute atomic E-state index is 0.00465. The maximum Gasteiger partial charge on any atom is 0.229 e. The van der Waals surface area contributed by atoms with Crippen LogP contribution < -0.4 is 36.1 Å². The van der Waals surface area contributed by atoms with Crippen molar-refractivity contribution in [2.75, 3.05) is 9.80 Å². The van der Waals surface area contributed by atoms with Crippen molar-refractivity contribution in [1.82, 2.24) is 0 Å². The summed E-state index contributed by atoms with van der Waals surface area (Å²) in [5.74, 6) is 0.945. The van der Waals surface area contributed by atoms with Gasteiger partial charge in [-0.25, -0.2) is 0 Å². The summed E-state index contributed by atoms with van der Waals surface area (Å²) in [4.78, 5) is 6.68. The lowest BCUT2D eigenvalue weighted by Crippen LogP contribution is -2.64. The number of hydrogen-bond acceptors (Lipinski definition) is 5. The van der Waals surface area contributed by atoms with E-state index in [1.54, 1.807) is 0 Å². The summed E-state index contributed by atoms with van der Waals surface area (Å²) in [5.41, 5.74) is 21.5. The first-order chi connectivity index (χ1) is 37.2. The zero-order valence-electron chi connectivity index (χ0n) is 40.9. The Bertz CT molecular complexity index is 4490. The fourth-order valence-electron chi connectivity index (χ4n) is 14.1. The van der Waals surface area contributed by atoms with Crippen molar-refractivity contribution in [3.63, 3.8) is 0 Å². The first-order valence-electron chi connectivity index (χ1n) is 26.3. The number of rotatable bonds is 5. The van der Waals surface area contributed by atoms with Crippen molar-refractivity contribution in [3.05, 3.63) is 258 Å². The van der Waals surface area contributed by atoms with Gasteiger partial charge in [-0.2, -0.15) is 0 Å². The number of aryl methyl sites for hydroxylation is 1. The monoisotopic (exact) mass is 976 g/mol. The summed E-state index contributed by atoms with van der Waals surface area (Å²) in [6.45, 7) is 2.19. The standard InChI is InChI=1S/C69H45BN2O2S/c1-40-20-8-11-29-46(40)45-38-53-61-54(39-45)72(52-35-19-28-42-22-10-13-31-48(42)52)65-60-50-33-15-17-37-56(50)74-67(60)58(44-25-6-3-7-26-44)69-63(65)70(61)62-64(71(53)51-34-18-27-41-21-9-12-30-47(41)51)59-49-32-14-16-36-55(49)73-66(59)57(68(62)75-69)43-23-4-2-5-24-43/h2-39,49,55,63,69H,1H3. The zero-order valence-corrected chi connectivity index (χ0v) is 41.8. The van der Waals surface area contributed by atoms with Gasteiger partial charge in [-0.05, 0) is 92.8 Å². The number of thioether (sulfide) groups is 1. The molecule has 5 heterocycles. The van der Waals surface area contributed by atoms with E-state index < -0.39 is 0 Å². The first kappa shape index (κ1) is 41.7. The summed E-state index contributed by atoms with van der Waals surface area (Å²) in [7, 11) is 0. The second kappa shape index (κ2) is 15.7. The molecule has 6 aliphatic rings. The van der Waals surface area contributed by atoms with E-state index in [9.17, 15) is 0 Å². The van der Waals surface area contributed by atoms with Crippen LogP contribution in [-0.4, -0.2) is 18.1 Å². The Hall–Kier alpha value is -8.71. The highest BCUT2D eigenvalue weighted by molar-refractivity contribution is 8.01. The van der Waals surface area contributed by atoms with Crippen molar-refractivity contribution < 1.29 is 9.15 Å². The molecule has 0 bridgehead atoms. The molecule has 4 nitrogen and oxygen atoms in total. The van der Waals surface area contributed by atoms with E-state index in [4.69, 9.17) is 9.15 Å². The lowest BCUT2D eigenvalue weighted by atomic mass is 9.28. The SMILES string of the molecule is Cc1ccccc1-c1cc2c3c(c1)N(c1cccc4ccccc14)c1c4c(c(-c5ccccc5)c5c1C1C=CC=CC1O5)SC1C(c5ccccc5)=c5oc6ccccc6c5=C(C1B34)N2c1cccc2ccccc12. The number of ether oxygens (including phenoxy) is 1. The lowest BCUT2D eigenvalue weighted by molar-refractivity contribution is 0.269. The molecule has 0 spiro atoms. The van der Waals surface area contributed by atoms with E-state index in [-0.39, 0.29) is 29.8 Å². The van der Waals surface area contributed by atoms with Crippen molar-refractivity contribution in [2.45, 2.75) is 34.9 Å². The van der Waals surface area contributed by atoms with Crippen LogP contribution in [0, 0.1) is 6.92 Å². The maximum atomic E-state index is 7.51. The molecule has 0 saturated carbocycles. The number of furan rings is 1. The predicted octanol–water partition coefficient (Wildman–Crippen LogP) is 14.8. The number of benzene rings is 10. The largest absolute Gasteiger partial charge is 0.484 e. The number of anilines is 5. The fraction of sp³-hybridized carbons (Fsp3) is 0.0725. The van der Waals surface area contributed by atoms with Gasteiger partial charge in [-0.15, -0.1) is 11.8 Å². The van der Waals surface area contributed by atoms with E-state index in [0.717, 1.165) is 33.5 Å². The Morgan fingerprint density at radius 1 is 0.533 bits per heavy atom. The molecular weight excluding hydrogens is 932 g/mol. The molecule has 17 rings (SSSR count). The van der Waals surface area contributed by atoms with Gasteiger partial charge in [-0.3, -0.25) is 0 Å². The summed E-state index contributed by atoms with van der Waals surface area (Å²) in [6, 6.07) is 76.6. The molecule has 0 amide bonds. The van der Waals surface area contributed by atoms with Gasteiger partial charge in [0.05, 0.1) is 11.4 Å². The van der Waals surface area contributed by atoms with Crippen molar-refractivity contribution >= 4 is 102 Å². The topological polar surface area (TPSA) is 28.9 Å². The average Bonchev–Trinajstić information content (AvgIpc) is 4.24. The lowest BCUT2D eigenvalue weighted by Gasteiger charge is -2.54. The van der Waals surface area contributed by atoms with Crippen molar-refractivity contribution in [2.24, 2.45) is 0 Å². The third kappa shape index (κ3) is 5.70. The average molecular weight is 977 g/mol. The van der Waals surface area contributed by atoms with Crippen LogP contribution in [0.5, 0.6) is 5.75 Å². The molecule has 1 aromatic heterocycles. The number of fused-ring (bicyclic) bond motifs is 9. The van der Waals surface area contributed by atoms with E-state index >= 15 is 0 Å². The molecule has 0 saturated heterocycles. The van der Waals surface area contributed by atoms with Crippen LogP contribution >= 0.6 is 11.8 Å². The van der Waals surface area contributed by atoms with Gasteiger partial charge in [0.2, 0.25) is 6.71 Å². The van der Waals surface area contributed by atoms with Gasteiger partial charge in [-0.1, -0.05) is 194 Å². The predicted molar refractivity (Wildman–Crippen MR) is 312 cm³/mol. The highest BCUT2D eigenvalue weighted by Crippen LogP contribution is 2.64. The van der Waals surface area contributed by atoms with Crippen LogP contribution in [0.2, 0.25) is 5.82 Å². The van der Waals surface area contributed by atoms with Crippen molar-refractivity contribution in [1.29, 1.82) is 0 Å². The molecular formula is C69H45BN2O2S. The highest BCUT2D eigenvalue weighted by atomic mass is 32.2. The van der Waals surface area contributed by atoms with Crippen LogP contribution in [0.3, 0.4) is 0 Å². The molecule has 0 fully saturated rings. The van der Waals surface area contributed by atoms with Crippen LogP contribution in [0.25, 0.3) is 66.0 Å². The third-order valence-corrected chi connectivity index (χ3v) is 18.5. The number of hydrogen-bond donors (Lipinski definition) is 0. The number of para-hydroxylation sites is 1. The van der Waals surface area contributed by atoms with Gasteiger partial charge < -0.3 is 19.0 Å². The van der Waals surface area contributed by atoms with Gasteiger partial charge in [0.1, 0.15) is 22.9 Å². The summed E-state index contributed by atoms with van der Waals surface area (Å²) in [6.07, 6.45) is 8.91. The Balaban J connectivity index is 1.14. The molecule has 11 aromatic rings. The molecule has 4 aliphatic heterocycles. The summed E-state index contributed by atoms with van der Waals surface area (Å²) >= 11 is 2.03. The number of nitrogens with zero attached hydrogens (tertiary/aromatic N) is 2. The molecule has 4 unspecified atom stereocenters. The molecule has 6 heteroatoms. The molecule has 2 aliphatic carbocycles. The highest BCUT2D eigenvalue weighted by Gasteiger charge is 2.59. The van der Waals surface area contributed by atoms with Crippen LogP contribution in [0.1, 0.15) is 22.6 Å². The normalized spacial score (nSPS) is 19.1. The number of allylic oxidation sites excluding steroid dienone is 2. The summed E-state index contributed by atoms with van der Waals surface area (Å²) in [5, 5.41) is 7.08. The molecule has 0 radical (unpaired) electrons. The fourth-order valence-corrected chi connectivity index (χ4v) is 15.8. The molecule has 352 valence electrons. The smallest absolute Gasteiger partial charge is 0.229 e. The maximum absolute atomic E-state index is 7.51.